The van der Waals surface area contributed by atoms with Gasteiger partial charge in [-0.1, -0.05) is 6.07 Å². The molecule has 1 aromatic heterocycles. The Morgan fingerprint density at radius 1 is 1.16 bits per heavy atom. The summed E-state index contributed by atoms with van der Waals surface area (Å²) in [5.41, 5.74) is 4.97. The lowest BCUT2D eigenvalue weighted by molar-refractivity contribution is -0.140. The number of hydrogen-bond acceptors (Lipinski definition) is 2. The summed E-state index contributed by atoms with van der Waals surface area (Å²) in [6.07, 6.45) is -4.69. The molecule has 102 valence electrons. The molecule has 0 aliphatic heterocycles. The van der Waals surface area contributed by atoms with E-state index in [0.717, 1.165) is 21.9 Å². The zero-order valence-electron chi connectivity index (χ0n) is 9.96. The molecule has 2 N–H and O–H groups in total. The van der Waals surface area contributed by atoms with Gasteiger partial charge in [0.25, 0.3) is 0 Å². The molecule has 19 heavy (non-hydrogen) atoms. The minimum Gasteiger partial charge on any atom is -0.320 e. The highest BCUT2D eigenvalue weighted by Gasteiger charge is 2.34. The molecule has 0 bridgehead atoms. The zero-order chi connectivity index (χ0) is 14.2. The molecule has 0 saturated carbocycles. The lowest BCUT2D eigenvalue weighted by Crippen LogP contribution is -2.13. The average Bonchev–Trinajstić information content (AvgIpc) is 2.73. The van der Waals surface area contributed by atoms with Gasteiger partial charge in [0.1, 0.15) is 5.82 Å². The topological polar surface area (TPSA) is 26.0 Å². The van der Waals surface area contributed by atoms with Crippen molar-refractivity contribution in [1.29, 1.82) is 0 Å². The van der Waals surface area contributed by atoms with Crippen LogP contribution in [0.25, 0.3) is 0 Å². The smallest absolute Gasteiger partial charge is 0.320 e. The fourth-order valence-corrected chi connectivity index (χ4v) is 2.65. The van der Waals surface area contributed by atoms with E-state index in [0.29, 0.717) is 5.56 Å². The van der Waals surface area contributed by atoms with E-state index >= 15 is 0 Å². The minimum atomic E-state index is -4.69. The molecular weight excluding hydrogens is 278 g/mol. The maximum atomic E-state index is 13.5. The fourth-order valence-electron chi connectivity index (χ4n) is 1.74. The molecular formula is C13H11F4NS. The number of benzene rings is 1. The van der Waals surface area contributed by atoms with Crippen molar-refractivity contribution < 1.29 is 17.6 Å². The van der Waals surface area contributed by atoms with Gasteiger partial charge in [0.05, 0.1) is 11.6 Å². The largest absolute Gasteiger partial charge is 0.419 e. The van der Waals surface area contributed by atoms with Crippen LogP contribution in [-0.4, -0.2) is 0 Å². The van der Waals surface area contributed by atoms with Crippen molar-refractivity contribution in [3.8, 4) is 0 Å². The predicted octanol–water partition coefficient (Wildman–Crippen LogP) is 4.26. The van der Waals surface area contributed by atoms with Gasteiger partial charge in [0.2, 0.25) is 0 Å². The van der Waals surface area contributed by atoms with Crippen molar-refractivity contribution in [2.45, 2.75) is 19.1 Å². The maximum Gasteiger partial charge on any atom is 0.419 e. The number of nitrogens with two attached hydrogens (primary N) is 1. The number of rotatable bonds is 2. The standard InChI is InChI=1S/C13H11F4NS/c1-7-2-5-11(19-7)12(18)8-3-4-9(10(14)6-8)13(15,16)17/h2-6,12H,18H2,1H3. The Labute approximate surface area is 111 Å². The summed E-state index contributed by atoms with van der Waals surface area (Å²) >= 11 is 1.44. The molecule has 0 fully saturated rings. The quantitative estimate of drug-likeness (QED) is 0.821. The Hall–Kier alpha value is -1.40. The minimum absolute atomic E-state index is 0.326. The molecule has 2 rings (SSSR count). The predicted molar refractivity (Wildman–Crippen MR) is 66.5 cm³/mol. The van der Waals surface area contributed by atoms with E-state index in [2.05, 4.69) is 0 Å². The number of aryl methyl sites for hydroxylation is 1. The van der Waals surface area contributed by atoms with Gasteiger partial charge in [-0.3, -0.25) is 0 Å². The maximum absolute atomic E-state index is 13.5. The van der Waals surface area contributed by atoms with Crippen LogP contribution in [0.4, 0.5) is 17.6 Å². The second-order valence-electron chi connectivity index (χ2n) is 4.16. The van der Waals surface area contributed by atoms with E-state index in [-0.39, 0.29) is 0 Å². The van der Waals surface area contributed by atoms with E-state index in [1.165, 1.54) is 17.4 Å². The summed E-state index contributed by atoms with van der Waals surface area (Å²) in [4.78, 5) is 1.83. The van der Waals surface area contributed by atoms with Gasteiger partial charge >= 0.3 is 6.18 Å². The van der Waals surface area contributed by atoms with Crippen LogP contribution in [0.5, 0.6) is 0 Å². The van der Waals surface area contributed by atoms with Gasteiger partial charge in [-0.05, 0) is 36.8 Å². The number of thiophene rings is 1. The summed E-state index contributed by atoms with van der Waals surface area (Å²) in [5.74, 6) is -1.30. The molecule has 1 aromatic carbocycles. The first-order valence-corrected chi connectivity index (χ1v) is 6.29. The second kappa shape index (κ2) is 4.94. The van der Waals surface area contributed by atoms with Crippen LogP contribution in [-0.2, 0) is 6.18 Å². The molecule has 0 aliphatic rings. The third kappa shape index (κ3) is 2.96. The summed E-state index contributed by atoms with van der Waals surface area (Å²) < 4.78 is 50.8. The highest BCUT2D eigenvalue weighted by molar-refractivity contribution is 7.12. The summed E-state index contributed by atoms with van der Waals surface area (Å²) in [6, 6.07) is 5.83. The van der Waals surface area contributed by atoms with Crippen molar-refractivity contribution >= 4 is 11.3 Å². The third-order valence-electron chi connectivity index (χ3n) is 2.73. The lowest BCUT2D eigenvalue weighted by atomic mass is 10.0. The van der Waals surface area contributed by atoms with Crippen LogP contribution in [0.15, 0.2) is 30.3 Å². The lowest BCUT2D eigenvalue weighted by Gasteiger charge is -2.13. The molecule has 0 aliphatic carbocycles. The van der Waals surface area contributed by atoms with Crippen LogP contribution in [0, 0.1) is 12.7 Å². The van der Waals surface area contributed by atoms with Gasteiger partial charge in [-0.2, -0.15) is 13.2 Å². The van der Waals surface area contributed by atoms with Crippen LogP contribution >= 0.6 is 11.3 Å². The van der Waals surface area contributed by atoms with Crippen molar-refractivity contribution in [1.82, 2.24) is 0 Å². The van der Waals surface area contributed by atoms with E-state index in [9.17, 15) is 17.6 Å². The number of alkyl halides is 3. The zero-order valence-corrected chi connectivity index (χ0v) is 10.8. The van der Waals surface area contributed by atoms with Gasteiger partial charge in [-0.25, -0.2) is 4.39 Å². The molecule has 2 aromatic rings. The molecule has 1 unspecified atom stereocenters. The number of hydrogen-bond donors (Lipinski definition) is 1. The van der Waals surface area contributed by atoms with Crippen LogP contribution in [0.1, 0.15) is 26.9 Å². The molecule has 0 amide bonds. The molecule has 0 spiro atoms. The summed E-state index contributed by atoms with van der Waals surface area (Å²) in [5, 5.41) is 0. The Morgan fingerprint density at radius 3 is 2.32 bits per heavy atom. The van der Waals surface area contributed by atoms with Crippen LogP contribution < -0.4 is 5.73 Å². The molecule has 6 heteroatoms. The summed E-state index contributed by atoms with van der Waals surface area (Å²) in [7, 11) is 0. The first-order valence-electron chi connectivity index (χ1n) is 5.47. The molecule has 1 nitrogen and oxygen atoms in total. The highest BCUT2D eigenvalue weighted by Crippen LogP contribution is 2.33. The van der Waals surface area contributed by atoms with Gasteiger partial charge in [-0.15, -0.1) is 11.3 Å². The van der Waals surface area contributed by atoms with Crippen molar-refractivity contribution in [3.63, 3.8) is 0 Å². The van der Waals surface area contributed by atoms with Crippen LogP contribution in [0.2, 0.25) is 0 Å². The van der Waals surface area contributed by atoms with Crippen molar-refractivity contribution in [3.05, 3.63) is 57.0 Å². The third-order valence-corrected chi connectivity index (χ3v) is 3.81. The SMILES string of the molecule is Cc1ccc(C(N)c2ccc(C(F)(F)F)c(F)c2)s1. The Balaban J connectivity index is 2.35. The van der Waals surface area contributed by atoms with Crippen molar-refractivity contribution in [2.24, 2.45) is 5.73 Å². The van der Waals surface area contributed by atoms with Gasteiger partial charge in [0, 0.05) is 9.75 Å². The number of halogens is 4. The fraction of sp³-hybridized carbons (Fsp3) is 0.231. The van der Waals surface area contributed by atoms with Crippen LogP contribution in [0.3, 0.4) is 0 Å². The first-order chi connectivity index (χ1) is 8.79. The van der Waals surface area contributed by atoms with E-state index < -0.39 is 23.6 Å². The Bertz CT molecular complexity index is 589. The van der Waals surface area contributed by atoms with Crippen molar-refractivity contribution in [2.75, 3.05) is 0 Å². The van der Waals surface area contributed by atoms with Gasteiger partial charge < -0.3 is 5.73 Å². The Kier molecular flexibility index (Phi) is 3.64. The monoisotopic (exact) mass is 289 g/mol. The second-order valence-corrected chi connectivity index (χ2v) is 5.48. The Morgan fingerprint density at radius 2 is 1.84 bits per heavy atom. The normalized spacial score (nSPS) is 13.6. The van der Waals surface area contributed by atoms with E-state index in [4.69, 9.17) is 5.73 Å². The summed E-state index contributed by atoms with van der Waals surface area (Å²) in [6.45, 7) is 1.90. The highest BCUT2D eigenvalue weighted by atomic mass is 32.1. The molecule has 0 saturated heterocycles. The molecule has 1 heterocycles. The molecule has 0 radical (unpaired) electrons. The average molecular weight is 289 g/mol. The molecule has 1 atom stereocenters. The van der Waals surface area contributed by atoms with E-state index in [1.54, 1.807) is 6.07 Å². The van der Waals surface area contributed by atoms with Gasteiger partial charge in [0.15, 0.2) is 0 Å². The first kappa shape index (κ1) is 14.0. The van der Waals surface area contributed by atoms with E-state index in [1.807, 2.05) is 13.0 Å².